The Morgan fingerprint density at radius 1 is 1.26 bits per heavy atom. The van der Waals surface area contributed by atoms with Gasteiger partial charge in [0.05, 0.1) is 22.2 Å². The van der Waals surface area contributed by atoms with Gasteiger partial charge < -0.3 is 20.6 Å². The van der Waals surface area contributed by atoms with Crippen LogP contribution in [0.3, 0.4) is 0 Å². The number of halogens is 2. The summed E-state index contributed by atoms with van der Waals surface area (Å²) in [5, 5.41) is 18.7. The molecule has 0 bridgehead atoms. The summed E-state index contributed by atoms with van der Waals surface area (Å²) >= 11 is 11.9. The van der Waals surface area contributed by atoms with E-state index in [4.69, 9.17) is 23.2 Å². The Kier molecular flexibility index (Phi) is 12.3. The summed E-state index contributed by atoms with van der Waals surface area (Å²) in [6, 6.07) is 4.49. The number of aliphatic hydroxyl groups excluding tert-OH is 1. The summed E-state index contributed by atoms with van der Waals surface area (Å²) in [4.78, 5) is 14.9. The molecule has 2 atom stereocenters. The zero-order valence-electron chi connectivity index (χ0n) is 16.0. The maximum atomic E-state index is 12.6. The summed E-state index contributed by atoms with van der Waals surface area (Å²) in [5.74, 6) is 0.114. The first-order valence-electron chi connectivity index (χ1n) is 9.16. The van der Waals surface area contributed by atoms with Crippen LogP contribution in [0.4, 0.5) is 0 Å². The number of piperazine rings is 1. The van der Waals surface area contributed by atoms with Gasteiger partial charge in [-0.05, 0) is 50.0 Å². The molecule has 0 spiro atoms. The van der Waals surface area contributed by atoms with Gasteiger partial charge >= 0.3 is 0 Å². The second-order valence-corrected chi connectivity index (χ2v) is 8.02. The summed E-state index contributed by atoms with van der Waals surface area (Å²) in [5.41, 5.74) is 0.443. The largest absolute Gasteiger partial charge is 0.660 e. The van der Waals surface area contributed by atoms with Crippen molar-refractivity contribution in [2.24, 2.45) is 5.92 Å². The average molecular weight is 628 g/mol. The van der Waals surface area contributed by atoms with Crippen LogP contribution in [-0.2, 0) is 0 Å². The van der Waals surface area contributed by atoms with Crippen molar-refractivity contribution in [1.82, 2.24) is 10.2 Å². The Hall–Kier alpha value is 0.592. The zero-order chi connectivity index (χ0) is 19.1. The number of nitrogens with one attached hydrogen (secondary N) is 1. The number of rotatable bonds is 8. The fourth-order valence-corrected chi connectivity index (χ4v) is 3.39. The maximum Gasteiger partial charge on any atom is 0.251 e. The SMILES string of the molecule is CC(C)CC(NC(=O)c1ccc(Cl)c(Cl)c1)C(O)CCN1CC[N-]CC1.[Ac]. The van der Waals surface area contributed by atoms with Gasteiger partial charge in [0.1, 0.15) is 0 Å². The molecule has 1 fully saturated rings. The Bertz CT molecular complexity index is 598. The van der Waals surface area contributed by atoms with Crippen molar-refractivity contribution in [3.63, 3.8) is 0 Å². The van der Waals surface area contributed by atoms with Crippen molar-refractivity contribution >= 4 is 29.1 Å². The quantitative estimate of drug-likeness (QED) is 0.463. The van der Waals surface area contributed by atoms with E-state index in [1.54, 1.807) is 18.2 Å². The molecule has 0 aliphatic carbocycles. The van der Waals surface area contributed by atoms with Gasteiger partial charge in [0.2, 0.25) is 0 Å². The molecule has 1 aliphatic heterocycles. The van der Waals surface area contributed by atoms with E-state index in [-0.39, 0.29) is 56.0 Å². The van der Waals surface area contributed by atoms with Crippen molar-refractivity contribution < 1.29 is 54.0 Å². The first-order valence-corrected chi connectivity index (χ1v) is 9.92. The molecule has 27 heavy (non-hydrogen) atoms. The van der Waals surface area contributed by atoms with Crippen LogP contribution in [0.5, 0.6) is 0 Å². The van der Waals surface area contributed by atoms with Crippen LogP contribution in [0.25, 0.3) is 5.32 Å². The van der Waals surface area contributed by atoms with Crippen molar-refractivity contribution in [3.05, 3.63) is 39.1 Å². The number of aliphatic hydroxyl groups is 1. The van der Waals surface area contributed by atoms with Gasteiger partial charge in [-0.25, -0.2) is 0 Å². The molecule has 1 aromatic carbocycles. The Morgan fingerprint density at radius 2 is 1.93 bits per heavy atom. The molecule has 1 aliphatic rings. The van der Waals surface area contributed by atoms with Gasteiger partial charge in [-0.1, -0.05) is 37.0 Å². The number of hydrogen-bond acceptors (Lipinski definition) is 3. The molecule has 2 rings (SSSR count). The van der Waals surface area contributed by atoms with E-state index in [1.165, 1.54) is 0 Å². The van der Waals surface area contributed by atoms with Crippen LogP contribution < -0.4 is 5.32 Å². The van der Waals surface area contributed by atoms with E-state index in [9.17, 15) is 9.90 Å². The smallest absolute Gasteiger partial charge is 0.251 e. The van der Waals surface area contributed by atoms with Crippen molar-refractivity contribution in [2.45, 2.75) is 38.8 Å². The minimum Gasteiger partial charge on any atom is -0.660 e. The number of benzene rings is 1. The molecule has 8 heteroatoms. The van der Waals surface area contributed by atoms with Gasteiger partial charge in [0, 0.05) is 56.2 Å². The van der Waals surface area contributed by atoms with E-state index in [1.807, 2.05) is 0 Å². The minimum absolute atomic E-state index is 0. The minimum atomic E-state index is -0.594. The standard InChI is InChI=1S/C19H28Cl2N3O2.Ac/c1-13(2)11-17(18(25)5-8-24-9-6-22-7-10-24)23-19(26)14-3-4-15(20)16(21)12-14;/h3-4,12-13,17-18,25H,5-11H2,1-2H3,(H,23,26);/q-1;. The Labute approximate surface area is 208 Å². The van der Waals surface area contributed by atoms with E-state index in [0.717, 1.165) is 32.7 Å². The molecule has 1 amide bonds. The molecule has 0 saturated carbocycles. The van der Waals surface area contributed by atoms with E-state index >= 15 is 0 Å². The van der Waals surface area contributed by atoms with Crippen molar-refractivity contribution in [1.29, 1.82) is 0 Å². The molecular weight excluding hydrogens is 600 g/mol. The summed E-state index contributed by atoms with van der Waals surface area (Å²) in [6.45, 7) is 8.58. The molecule has 2 N–H and O–H groups in total. The topological polar surface area (TPSA) is 66.7 Å². The maximum absolute atomic E-state index is 12.6. The fourth-order valence-electron chi connectivity index (χ4n) is 3.10. The van der Waals surface area contributed by atoms with Crippen LogP contribution in [0.15, 0.2) is 18.2 Å². The second-order valence-electron chi connectivity index (χ2n) is 7.21. The number of carbonyl (C=O) groups is 1. The summed E-state index contributed by atoms with van der Waals surface area (Å²) in [7, 11) is 0. The molecular formula is C19H28AcCl2N3O2-. The Morgan fingerprint density at radius 3 is 2.52 bits per heavy atom. The zero-order valence-corrected chi connectivity index (χ0v) is 22.3. The first kappa shape index (κ1) is 25.6. The van der Waals surface area contributed by atoms with Crippen LogP contribution in [0.1, 0.15) is 37.0 Å². The van der Waals surface area contributed by atoms with E-state index in [0.29, 0.717) is 34.4 Å². The third-order valence-electron chi connectivity index (χ3n) is 4.58. The number of carbonyl (C=O) groups excluding carboxylic acids is 1. The average Bonchev–Trinajstić information content (AvgIpc) is 2.61. The summed E-state index contributed by atoms with van der Waals surface area (Å²) in [6.07, 6.45) is 0.741. The predicted octanol–water partition coefficient (Wildman–Crippen LogP) is 3.58. The Balaban J connectivity index is 0.00000364. The predicted molar refractivity (Wildman–Crippen MR) is 107 cm³/mol. The van der Waals surface area contributed by atoms with Gasteiger partial charge in [0.15, 0.2) is 0 Å². The number of hydrogen-bond donors (Lipinski definition) is 2. The van der Waals surface area contributed by atoms with Crippen molar-refractivity contribution in [2.75, 3.05) is 32.7 Å². The van der Waals surface area contributed by atoms with E-state index in [2.05, 4.69) is 29.4 Å². The molecule has 0 aromatic heterocycles. The third kappa shape index (κ3) is 8.86. The molecule has 1 heterocycles. The van der Waals surface area contributed by atoms with Crippen molar-refractivity contribution in [3.8, 4) is 0 Å². The normalized spacial score (nSPS) is 17.3. The summed E-state index contributed by atoms with van der Waals surface area (Å²) < 4.78 is 0. The van der Waals surface area contributed by atoms with Gasteiger partial charge in [-0.2, -0.15) is 0 Å². The number of nitrogens with zero attached hydrogens (tertiary/aromatic N) is 2. The molecule has 5 nitrogen and oxygen atoms in total. The van der Waals surface area contributed by atoms with Crippen LogP contribution in [0.2, 0.25) is 10.0 Å². The molecule has 1 radical (unpaired) electrons. The number of amides is 1. The fraction of sp³-hybridized carbons (Fsp3) is 0.632. The van der Waals surface area contributed by atoms with Gasteiger partial charge in [-0.3, -0.25) is 4.79 Å². The molecule has 1 aromatic rings. The van der Waals surface area contributed by atoms with Crippen LogP contribution in [0, 0.1) is 50.0 Å². The van der Waals surface area contributed by atoms with E-state index < -0.39 is 6.10 Å². The van der Waals surface area contributed by atoms with Crippen LogP contribution >= 0.6 is 23.2 Å². The molecule has 1 saturated heterocycles. The molecule has 2 unspecified atom stereocenters. The second kappa shape index (κ2) is 13.0. The first-order chi connectivity index (χ1) is 12.4. The third-order valence-corrected chi connectivity index (χ3v) is 5.32. The monoisotopic (exact) mass is 627 g/mol. The van der Waals surface area contributed by atoms with Gasteiger partial charge in [0.25, 0.3) is 5.91 Å². The van der Waals surface area contributed by atoms with Crippen LogP contribution in [-0.4, -0.2) is 60.8 Å². The van der Waals surface area contributed by atoms with Gasteiger partial charge in [-0.15, -0.1) is 13.1 Å². The molecule has 149 valence electrons.